The Kier molecular flexibility index (Phi) is 8.48. The van der Waals surface area contributed by atoms with E-state index in [2.05, 4.69) is 5.92 Å². The van der Waals surface area contributed by atoms with Crippen LogP contribution in [-0.2, 0) is 12.2 Å². The number of halogens is 2. The predicted octanol–water partition coefficient (Wildman–Crippen LogP) is 6.71. The number of hydrogen-bond acceptors (Lipinski definition) is 5. The molecule has 1 aliphatic carbocycles. The Hall–Kier alpha value is -2.59. The third-order valence-corrected chi connectivity index (χ3v) is 7.81. The number of hydrogen-bond donors (Lipinski definition) is 1. The van der Waals surface area contributed by atoms with Gasteiger partial charge in [-0.15, -0.1) is 30.2 Å². The smallest absolute Gasteiger partial charge is 0.136 e. The molecule has 1 heterocycles. The van der Waals surface area contributed by atoms with Crippen molar-refractivity contribution < 1.29 is 13.9 Å². The van der Waals surface area contributed by atoms with E-state index in [0.29, 0.717) is 22.2 Å². The molecule has 0 aliphatic heterocycles. The number of nitrogens with zero attached hydrogens (tertiary/aromatic N) is 1. The number of aromatic nitrogens is 1. The second-order valence-corrected chi connectivity index (χ2v) is 10.3. The highest BCUT2D eigenvalue weighted by Crippen LogP contribution is 2.48. The van der Waals surface area contributed by atoms with Gasteiger partial charge >= 0.3 is 0 Å². The quantitative estimate of drug-likeness (QED) is 0.322. The van der Waals surface area contributed by atoms with Crippen LogP contribution in [0.1, 0.15) is 51.8 Å². The molecule has 7 heteroatoms. The van der Waals surface area contributed by atoms with E-state index in [-0.39, 0.29) is 18.3 Å². The highest BCUT2D eigenvalue weighted by atomic mass is 35.5. The first kappa shape index (κ1) is 27.0. The van der Waals surface area contributed by atoms with Crippen LogP contribution in [0.3, 0.4) is 0 Å². The fraction of sp³-hybridized carbons (Fsp3) is 0.393. The van der Waals surface area contributed by atoms with Crippen LogP contribution in [0, 0.1) is 32.1 Å². The molecule has 35 heavy (non-hydrogen) atoms. The van der Waals surface area contributed by atoms with E-state index < -0.39 is 12.2 Å². The maximum absolute atomic E-state index is 13.4. The van der Waals surface area contributed by atoms with Crippen LogP contribution in [0.25, 0.3) is 11.3 Å². The largest absolute Gasteiger partial charge is 0.496 e. The third-order valence-electron chi connectivity index (χ3n) is 6.68. The van der Waals surface area contributed by atoms with Crippen molar-refractivity contribution in [3.8, 4) is 35.1 Å². The SMILES string of the molecule is C#CC(N)(c1nc(-c2cc(C)c(OC)cc2OC)c(C)s1)[C@@H](CC1CC1)c1cccc(CF)c1.Cl. The lowest BCUT2D eigenvalue weighted by atomic mass is 9.77. The van der Waals surface area contributed by atoms with Gasteiger partial charge in [0, 0.05) is 22.4 Å². The molecule has 4 nitrogen and oxygen atoms in total. The molecule has 186 valence electrons. The van der Waals surface area contributed by atoms with Crippen molar-refractivity contribution in [2.45, 2.75) is 51.2 Å². The van der Waals surface area contributed by atoms with Gasteiger partial charge in [-0.3, -0.25) is 0 Å². The van der Waals surface area contributed by atoms with Crippen LogP contribution in [-0.4, -0.2) is 19.2 Å². The number of rotatable bonds is 9. The Bertz CT molecular complexity index is 1230. The van der Waals surface area contributed by atoms with Crippen LogP contribution in [0.5, 0.6) is 11.5 Å². The molecule has 0 spiro atoms. The fourth-order valence-electron chi connectivity index (χ4n) is 4.54. The summed E-state index contributed by atoms with van der Waals surface area (Å²) >= 11 is 1.52. The van der Waals surface area contributed by atoms with Crippen molar-refractivity contribution in [1.29, 1.82) is 0 Å². The lowest BCUT2D eigenvalue weighted by Gasteiger charge is -2.32. The van der Waals surface area contributed by atoms with Crippen molar-refractivity contribution in [3.05, 3.63) is 63.0 Å². The molecule has 4 rings (SSSR count). The highest BCUT2D eigenvalue weighted by Gasteiger charge is 2.42. The Morgan fingerprint density at radius 3 is 2.51 bits per heavy atom. The Morgan fingerprint density at radius 2 is 1.91 bits per heavy atom. The summed E-state index contributed by atoms with van der Waals surface area (Å²) in [6.45, 7) is 3.49. The topological polar surface area (TPSA) is 57.4 Å². The van der Waals surface area contributed by atoms with Gasteiger partial charge in [-0.25, -0.2) is 9.37 Å². The van der Waals surface area contributed by atoms with E-state index in [0.717, 1.165) is 39.4 Å². The van der Waals surface area contributed by atoms with Gasteiger partial charge in [0.2, 0.25) is 0 Å². The fourth-order valence-corrected chi connectivity index (χ4v) is 5.59. The average Bonchev–Trinajstić information content (AvgIpc) is 3.60. The minimum atomic E-state index is -1.11. The molecule has 1 aliphatic rings. The summed E-state index contributed by atoms with van der Waals surface area (Å²) in [5.41, 5.74) is 10.2. The van der Waals surface area contributed by atoms with E-state index in [1.54, 1.807) is 20.3 Å². The lowest BCUT2D eigenvalue weighted by molar-refractivity contribution is 0.393. The van der Waals surface area contributed by atoms with Crippen LogP contribution in [0.2, 0.25) is 0 Å². The van der Waals surface area contributed by atoms with Gasteiger partial charge in [-0.1, -0.05) is 43.0 Å². The summed E-state index contributed by atoms with van der Waals surface area (Å²) in [7, 11) is 3.27. The number of terminal acetylenes is 1. The van der Waals surface area contributed by atoms with Crippen molar-refractivity contribution in [3.63, 3.8) is 0 Å². The number of methoxy groups -OCH3 is 2. The first-order valence-corrected chi connectivity index (χ1v) is 12.3. The van der Waals surface area contributed by atoms with Crippen molar-refractivity contribution in [2.24, 2.45) is 11.7 Å². The van der Waals surface area contributed by atoms with Crippen LogP contribution in [0.4, 0.5) is 4.39 Å². The average molecular weight is 515 g/mol. The van der Waals surface area contributed by atoms with Gasteiger partial charge in [-0.2, -0.15) is 0 Å². The first-order valence-electron chi connectivity index (χ1n) is 11.5. The molecule has 0 saturated heterocycles. The molecule has 2 atom stereocenters. The zero-order valence-corrected chi connectivity index (χ0v) is 22.2. The maximum atomic E-state index is 13.4. The summed E-state index contributed by atoms with van der Waals surface area (Å²) in [6, 6.07) is 11.5. The number of alkyl halides is 1. The Labute approximate surface area is 217 Å². The number of benzene rings is 2. The maximum Gasteiger partial charge on any atom is 0.136 e. The lowest BCUT2D eigenvalue weighted by Crippen LogP contribution is -2.42. The molecule has 1 aromatic heterocycles. The van der Waals surface area contributed by atoms with Gasteiger partial charge in [0.15, 0.2) is 0 Å². The molecule has 1 saturated carbocycles. The van der Waals surface area contributed by atoms with Gasteiger partial charge in [0.05, 0.1) is 19.9 Å². The van der Waals surface area contributed by atoms with Crippen LogP contribution in [0.15, 0.2) is 36.4 Å². The summed E-state index contributed by atoms with van der Waals surface area (Å²) in [5.74, 6) is 4.75. The zero-order valence-electron chi connectivity index (χ0n) is 20.6. The van der Waals surface area contributed by atoms with Gasteiger partial charge in [-0.05, 0) is 48.9 Å². The van der Waals surface area contributed by atoms with Crippen molar-refractivity contribution >= 4 is 23.7 Å². The Balaban J connectivity index is 0.00000342. The summed E-state index contributed by atoms with van der Waals surface area (Å²) < 4.78 is 24.6. The molecule has 0 bridgehead atoms. The molecule has 1 unspecified atom stereocenters. The summed E-state index contributed by atoms with van der Waals surface area (Å²) in [5, 5.41) is 0.689. The molecule has 0 radical (unpaired) electrons. The Morgan fingerprint density at radius 1 is 1.20 bits per heavy atom. The van der Waals surface area contributed by atoms with Crippen molar-refractivity contribution in [1.82, 2.24) is 4.98 Å². The first-order chi connectivity index (χ1) is 16.3. The monoisotopic (exact) mass is 514 g/mol. The van der Waals surface area contributed by atoms with Gasteiger partial charge in [0.25, 0.3) is 0 Å². The minimum absolute atomic E-state index is 0. The number of aryl methyl sites for hydroxylation is 2. The minimum Gasteiger partial charge on any atom is -0.496 e. The molecule has 3 aromatic rings. The number of ether oxygens (including phenoxy) is 2. The summed E-state index contributed by atoms with van der Waals surface area (Å²) in [6.07, 6.45) is 9.34. The van der Waals surface area contributed by atoms with Gasteiger partial charge in [0.1, 0.15) is 28.7 Å². The second kappa shape index (κ2) is 11.0. The summed E-state index contributed by atoms with van der Waals surface area (Å²) in [4.78, 5) is 6.01. The van der Waals surface area contributed by atoms with Gasteiger partial charge < -0.3 is 15.2 Å². The molecule has 2 N–H and O–H groups in total. The molecule has 0 amide bonds. The molecular formula is C28H32ClFN2O2S. The zero-order chi connectivity index (χ0) is 24.5. The van der Waals surface area contributed by atoms with E-state index in [1.807, 2.05) is 44.2 Å². The normalized spacial score (nSPS) is 15.5. The van der Waals surface area contributed by atoms with E-state index >= 15 is 0 Å². The van der Waals surface area contributed by atoms with E-state index in [9.17, 15) is 4.39 Å². The number of thiazole rings is 1. The van der Waals surface area contributed by atoms with E-state index in [4.69, 9.17) is 26.6 Å². The number of nitrogens with two attached hydrogens (primary N) is 1. The third kappa shape index (κ3) is 5.33. The van der Waals surface area contributed by atoms with Crippen LogP contribution >= 0.6 is 23.7 Å². The second-order valence-electron chi connectivity index (χ2n) is 9.07. The predicted molar refractivity (Wildman–Crippen MR) is 143 cm³/mol. The van der Waals surface area contributed by atoms with Crippen LogP contribution < -0.4 is 15.2 Å². The highest BCUT2D eigenvalue weighted by molar-refractivity contribution is 7.12. The molecule has 2 aromatic carbocycles. The molecule has 1 fully saturated rings. The van der Waals surface area contributed by atoms with Crippen molar-refractivity contribution in [2.75, 3.05) is 14.2 Å². The standard InChI is InChI=1S/C28H31FN2O2S.ClH/c1-6-28(30,23(14-19-10-11-19)21-9-7-8-20(13-21)16-29)27-31-26(18(3)34-27)22-12-17(2)24(32-4)15-25(22)33-5;/h1,7-9,12-13,15,19,23H,10-11,14,16,30H2,2-5H3;1H/t23-,28?;/m0./s1. The molecular weight excluding hydrogens is 483 g/mol. The van der Waals surface area contributed by atoms with E-state index in [1.165, 1.54) is 24.2 Å².